The van der Waals surface area contributed by atoms with Crippen molar-refractivity contribution in [2.24, 2.45) is 17.2 Å². The van der Waals surface area contributed by atoms with Gasteiger partial charge in [0.25, 0.3) is 0 Å². The van der Waals surface area contributed by atoms with Crippen LogP contribution < -0.4 is 43.8 Å². The van der Waals surface area contributed by atoms with Crippen molar-refractivity contribution in [3.63, 3.8) is 0 Å². The van der Waals surface area contributed by atoms with E-state index in [2.05, 4.69) is 26.6 Å². The molecule has 17 heteroatoms. The Bertz CT molecular complexity index is 2900. The minimum Gasteiger partial charge on any atom is -0.508 e. The summed E-state index contributed by atoms with van der Waals surface area (Å²) in [5.74, 6) is -2.74. The van der Waals surface area contributed by atoms with Crippen LogP contribution in [0, 0.1) is 0 Å². The molecule has 382 valence electrons. The van der Waals surface area contributed by atoms with Gasteiger partial charge in [0.2, 0.25) is 29.5 Å². The van der Waals surface area contributed by atoms with E-state index in [9.17, 15) is 29.1 Å². The topological polar surface area (TPSA) is 273 Å². The summed E-state index contributed by atoms with van der Waals surface area (Å²) >= 11 is 0. The van der Waals surface area contributed by atoms with E-state index in [1.165, 1.54) is 17.0 Å². The number of benzene rings is 5. The number of aromatic nitrogens is 2. The number of nitrogens with zero attached hydrogens (tertiary/aromatic N) is 3. The molecule has 17 nitrogen and oxygen atoms in total. The number of nitrogens with one attached hydrogen (secondary N) is 5. The standard InChI is InChI=1S/C56H67N11O6/c57-30-11-9-23-47(54(71)66-48(24-10-12-31-58)56(73)67(36-50(59)69)34-14-33-61-53-41-17-3-7-21-45(41)63-46-22-8-4-18-42(46)53)65-55(72)49(35-37-26-28-38(68)29-27-37)64-51(70)25-13-32-60-52-39-15-1-5-19-43(39)62-44-20-6-2-16-40(44)52/h1-8,15-22,26-29,47-49,68H,9-14,23-25,30-36,57-58H2,(H2,59,69)(H,60,62)(H,61,63)(H,64,70)(H,65,72)(H,66,71)/t47-,48-,49-/m0/s1. The highest BCUT2D eigenvalue weighted by atomic mass is 16.3. The summed E-state index contributed by atoms with van der Waals surface area (Å²) in [7, 11) is 0. The number of carbonyl (C=O) groups is 5. The molecule has 2 aromatic heterocycles. The number of nitrogens with two attached hydrogens (primary N) is 3. The normalized spacial score (nSPS) is 12.5. The molecule has 0 bridgehead atoms. The summed E-state index contributed by atoms with van der Waals surface area (Å²) in [6, 6.07) is 34.4. The second kappa shape index (κ2) is 26.5. The number of amides is 5. The summed E-state index contributed by atoms with van der Waals surface area (Å²) < 4.78 is 0. The fourth-order valence-electron chi connectivity index (χ4n) is 9.08. The van der Waals surface area contributed by atoms with Gasteiger partial charge in [-0.2, -0.15) is 0 Å². The molecule has 0 radical (unpaired) electrons. The number of primary amides is 1. The number of unbranched alkanes of at least 4 members (excludes halogenated alkanes) is 2. The number of para-hydroxylation sites is 4. The molecule has 7 rings (SSSR count). The Morgan fingerprint density at radius 1 is 0.534 bits per heavy atom. The van der Waals surface area contributed by atoms with Gasteiger partial charge >= 0.3 is 0 Å². The number of hydrogen-bond donors (Lipinski definition) is 9. The van der Waals surface area contributed by atoms with Crippen molar-refractivity contribution in [1.82, 2.24) is 30.8 Å². The third kappa shape index (κ3) is 14.6. The molecule has 0 aliphatic carbocycles. The van der Waals surface area contributed by atoms with E-state index in [0.29, 0.717) is 70.3 Å². The van der Waals surface area contributed by atoms with E-state index in [1.54, 1.807) is 12.1 Å². The zero-order chi connectivity index (χ0) is 51.5. The maximum Gasteiger partial charge on any atom is 0.245 e. The second-order valence-electron chi connectivity index (χ2n) is 18.3. The molecular weight excluding hydrogens is 923 g/mol. The number of rotatable bonds is 28. The molecule has 73 heavy (non-hydrogen) atoms. The van der Waals surface area contributed by atoms with Gasteiger partial charge in [-0.15, -0.1) is 0 Å². The molecule has 5 aromatic carbocycles. The number of fused-ring (bicyclic) bond motifs is 4. The van der Waals surface area contributed by atoms with Gasteiger partial charge in [0.15, 0.2) is 0 Å². The molecule has 0 fully saturated rings. The Kier molecular flexibility index (Phi) is 19.2. The summed E-state index contributed by atoms with van der Waals surface area (Å²) in [5, 5.41) is 29.6. The lowest BCUT2D eigenvalue weighted by Gasteiger charge is -2.29. The molecule has 0 aliphatic rings. The van der Waals surface area contributed by atoms with Crippen LogP contribution in [-0.2, 0) is 30.4 Å². The Morgan fingerprint density at radius 2 is 0.986 bits per heavy atom. The first-order valence-corrected chi connectivity index (χ1v) is 25.2. The number of aromatic hydroxyl groups is 1. The van der Waals surface area contributed by atoms with E-state index in [0.717, 1.165) is 55.0 Å². The van der Waals surface area contributed by atoms with Gasteiger partial charge in [0.05, 0.1) is 40.0 Å². The average Bonchev–Trinajstić information content (AvgIpc) is 3.39. The van der Waals surface area contributed by atoms with Crippen LogP contribution in [0.25, 0.3) is 43.6 Å². The maximum atomic E-state index is 14.5. The molecule has 12 N–H and O–H groups in total. The van der Waals surface area contributed by atoms with Crippen LogP contribution in [0.4, 0.5) is 11.4 Å². The second-order valence-corrected chi connectivity index (χ2v) is 18.3. The summed E-state index contributed by atoms with van der Waals surface area (Å²) in [6.45, 7) is 1.41. The molecule has 5 amide bonds. The van der Waals surface area contributed by atoms with Gasteiger partial charge in [-0.3, -0.25) is 24.0 Å². The van der Waals surface area contributed by atoms with Gasteiger partial charge in [-0.25, -0.2) is 9.97 Å². The zero-order valence-corrected chi connectivity index (χ0v) is 41.2. The third-order valence-corrected chi connectivity index (χ3v) is 12.8. The average molecular weight is 990 g/mol. The Labute approximate surface area is 425 Å². The molecule has 3 atom stereocenters. The molecule has 2 heterocycles. The van der Waals surface area contributed by atoms with Crippen LogP contribution in [0.15, 0.2) is 121 Å². The number of hydrogen-bond acceptors (Lipinski definition) is 12. The lowest BCUT2D eigenvalue weighted by atomic mass is 10.0. The molecule has 0 saturated heterocycles. The minimum absolute atomic E-state index is 0.0433. The first kappa shape index (κ1) is 52.9. The smallest absolute Gasteiger partial charge is 0.245 e. The van der Waals surface area contributed by atoms with Crippen molar-refractivity contribution in [1.29, 1.82) is 0 Å². The maximum absolute atomic E-state index is 14.5. The van der Waals surface area contributed by atoms with Gasteiger partial charge in [0, 0.05) is 54.0 Å². The monoisotopic (exact) mass is 990 g/mol. The number of pyridine rings is 2. The molecule has 0 unspecified atom stereocenters. The SMILES string of the molecule is NCCCC[C@H](NC(=O)[C@H](Cc1ccc(O)cc1)NC(=O)CCCNc1c2ccccc2nc2ccccc12)C(=O)N[C@@H](CCCCN)C(=O)N(CCCNc1c2ccccc2nc2ccccc12)CC(N)=O. The van der Waals surface area contributed by atoms with Crippen molar-refractivity contribution in [3.05, 3.63) is 127 Å². The Balaban J connectivity index is 1.03. The molecule has 7 aromatic rings. The molecular formula is C56H67N11O6. The van der Waals surface area contributed by atoms with Crippen molar-refractivity contribution in [2.75, 3.05) is 49.9 Å². The van der Waals surface area contributed by atoms with Gasteiger partial charge in [-0.1, -0.05) is 84.9 Å². The summed E-state index contributed by atoms with van der Waals surface area (Å²) in [6.07, 6.45) is 3.57. The quantitative estimate of drug-likeness (QED) is 0.0210. The van der Waals surface area contributed by atoms with E-state index in [1.807, 2.05) is 97.1 Å². The van der Waals surface area contributed by atoms with Crippen LogP contribution >= 0.6 is 0 Å². The van der Waals surface area contributed by atoms with E-state index in [-0.39, 0.29) is 50.4 Å². The van der Waals surface area contributed by atoms with Gasteiger partial charge in [-0.05, 0) is 106 Å². The predicted octanol–water partition coefficient (Wildman–Crippen LogP) is 5.76. The first-order valence-electron chi connectivity index (χ1n) is 25.2. The minimum atomic E-state index is -1.11. The predicted molar refractivity (Wildman–Crippen MR) is 289 cm³/mol. The Hall–Kier alpha value is -7.89. The highest BCUT2D eigenvalue weighted by molar-refractivity contribution is 6.08. The fraction of sp³-hybridized carbons (Fsp3) is 0.339. The number of anilines is 2. The van der Waals surface area contributed by atoms with E-state index >= 15 is 0 Å². The number of carbonyl (C=O) groups excluding carboxylic acids is 5. The highest BCUT2D eigenvalue weighted by Crippen LogP contribution is 2.32. The summed E-state index contributed by atoms with van der Waals surface area (Å²) in [4.78, 5) is 80.3. The first-order chi connectivity index (χ1) is 35.5. The van der Waals surface area contributed by atoms with Crippen LogP contribution in [0.5, 0.6) is 5.75 Å². The lowest BCUT2D eigenvalue weighted by Crippen LogP contribution is -2.57. The van der Waals surface area contributed by atoms with Crippen LogP contribution in [0.1, 0.15) is 63.4 Å². The largest absolute Gasteiger partial charge is 0.508 e. The lowest BCUT2D eigenvalue weighted by molar-refractivity contribution is -0.140. The van der Waals surface area contributed by atoms with E-state index in [4.69, 9.17) is 27.2 Å². The van der Waals surface area contributed by atoms with Crippen LogP contribution in [0.2, 0.25) is 0 Å². The van der Waals surface area contributed by atoms with Gasteiger partial charge in [0.1, 0.15) is 23.9 Å². The number of phenolic OH excluding ortho intramolecular Hbond substituents is 1. The van der Waals surface area contributed by atoms with Crippen molar-refractivity contribution in [2.45, 2.75) is 82.3 Å². The zero-order valence-electron chi connectivity index (χ0n) is 41.2. The molecule has 0 spiro atoms. The van der Waals surface area contributed by atoms with Crippen molar-refractivity contribution >= 4 is 84.5 Å². The summed E-state index contributed by atoms with van der Waals surface area (Å²) in [5.41, 5.74) is 23.3. The van der Waals surface area contributed by atoms with Crippen molar-refractivity contribution in [3.8, 4) is 5.75 Å². The highest BCUT2D eigenvalue weighted by Gasteiger charge is 2.32. The number of phenols is 1. The van der Waals surface area contributed by atoms with Crippen LogP contribution in [0.3, 0.4) is 0 Å². The Morgan fingerprint density at radius 3 is 1.48 bits per heavy atom. The molecule has 0 saturated carbocycles. The fourth-order valence-corrected chi connectivity index (χ4v) is 9.08. The molecule has 0 aliphatic heterocycles. The third-order valence-electron chi connectivity index (χ3n) is 12.8. The van der Waals surface area contributed by atoms with Crippen molar-refractivity contribution < 1.29 is 29.1 Å². The van der Waals surface area contributed by atoms with E-state index < -0.39 is 41.8 Å². The van der Waals surface area contributed by atoms with Gasteiger partial charge < -0.3 is 53.8 Å². The van der Waals surface area contributed by atoms with Crippen LogP contribution in [-0.4, -0.2) is 107 Å².